The SMILES string of the molecule is CCCCCCCCCCCCCCCCCOC(=O)CCC(=O)Oc1cccc(C)c1. The zero-order valence-corrected chi connectivity index (χ0v) is 20.7. The van der Waals surface area contributed by atoms with Gasteiger partial charge in [-0.2, -0.15) is 0 Å². The number of hydrogen-bond acceptors (Lipinski definition) is 4. The standard InChI is InChI=1S/C28H46O4/c1-3-4-5-6-7-8-9-10-11-12-13-14-15-16-17-23-31-27(29)21-22-28(30)32-26-20-18-19-25(2)24-26/h18-20,24H,3-17,21-23H2,1-2H3. The van der Waals surface area contributed by atoms with Gasteiger partial charge in [-0.25, -0.2) is 0 Å². The molecule has 0 radical (unpaired) electrons. The van der Waals surface area contributed by atoms with Gasteiger partial charge in [0.15, 0.2) is 0 Å². The number of carbonyl (C=O) groups excluding carboxylic acids is 2. The molecule has 0 saturated carbocycles. The lowest BCUT2D eigenvalue weighted by atomic mass is 10.0. The van der Waals surface area contributed by atoms with Crippen LogP contribution in [0.5, 0.6) is 5.75 Å². The molecule has 4 heteroatoms. The van der Waals surface area contributed by atoms with Gasteiger partial charge < -0.3 is 9.47 Å². The molecule has 1 rings (SSSR count). The summed E-state index contributed by atoms with van der Waals surface area (Å²) in [6.45, 7) is 4.66. The van der Waals surface area contributed by atoms with E-state index in [-0.39, 0.29) is 18.8 Å². The van der Waals surface area contributed by atoms with Gasteiger partial charge >= 0.3 is 11.9 Å². The van der Waals surface area contributed by atoms with Crippen LogP contribution in [0.2, 0.25) is 0 Å². The monoisotopic (exact) mass is 446 g/mol. The third-order valence-electron chi connectivity index (χ3n) is 5.77. The lowest BCUT2D eigenvalue weighted by Crippen LogP contribution is -2.12. The molecule has 0 fully saturated rings. The first-order chi connectivity index (χ1) is 15.6. The molecule has 0 aliphatic rings. The number of esters is 2. The molecular formula is C28H46O4. The quantitative estimate of drug-likeness (QED) is 0.115. The van der Waals surface area contributed by atoms with E-state index < -0.39 is 5.97 Å². The first kappa shape index (κ1) is 28.2. The maximum absolute atomic E-state index is 11.8. The van der Waals surface area contributed by atoms with E-state index in [4.69, 9.17) is 9.47 Å². The molecule has 0 heterocycles. The maximum Gasteiger partial charge on any atom is 0.311 e. The Bertz CT molecular complexity index is 611. The minimum absolute atomic E-state index is 0.0473. The van der Waals surface area contributed by atoms with Gasteiger partial charge in [-0.05, 0) is 31.0 Å². The molecule has 0 atom stereocenters. The molecular weight excluding hydrogens is 400 g/mol. The number of aryl methyl sites for hydroxylation is 1. The Morgan fingerprint density at radius 3 is 1.72 bits per heavy atom. The zero-order chi connectivity index (χ0) is 23.3. The largest absolute Gasteiger partial charge is 0.466 e. The smallest absolute Gasteiger partial charge is 0.311 e. The third kappa shape index (κ3) is 16.8. The summed E-state index contributed by atoms with van der Waals surface area (Å²) in [6.07, 6.45) is 19.8. The summed E-state index contributed by atoms with van der Waals surface area (Å²) in [7, 11) is 0. The van der Waals surface area contributed by atoms with Crippen molar-refractivity contribution in [2.45, 2.75) is 123 Å². The molecule has 1 aromatic carbocycles. The molecule has 0 aliphatic carbocycles. The number of rotatable bonds is 20. The van der Waals surface area contributed by atoms with Crippen molar-refractivity contribution in [2.75, 3.05) is 6.61 Å². The first-order valence-corrected chi connectivity index (χ1v) is 13.0. The van der Waals surface area contributed by atoms with Crippen LogP contribution in [0, 0.1) is 6.92 Å². The van der Waals surface area contributed by atoms with Gasteiger partial charge in [0.2, 0.25) is 0 Å². The van der Waals surface area contributed by atoms with E-state index in [2.05, 4.69) is 6.92 Å². The maximum atomic E-state index is 11.8. The van der Waals surface area contributed by atoms with E-state index in [9.17, 15) is 9.59 Å². The van der Waals surface area contributed by atoms with E-state index in [0.717, 1.165) is 18.4 Å². The highest BCUT2D eigenvalue weighted by Crippen LogP contribution is 2.14. The molecule has 182 valence electrons. The Labute approximate surface area is 196 Å². The molecule has 0 amide bonds. The summed E-state index contributed by atoms with van der Waals surface area (Å²) >= 11 is 0. The second kappa shape index (κ2) is 19.8. The minimum atomic E-state index is -0.403. The molecule has 0 aromatic heterocycles. The van der Waals surface area contributed by atoms with Gasteiger partial charge in [-0.3, -0.25) is 9.59 Å². The number of ether oxygens (including phenoxy) is 2. The van der Waals surface area contributed by atoms with E-state index >= 15 is 0 Å². The van der Waals surface area contributed by atoms with Crippen molar-refractivity contribution in [3.63, 3.8) is 0 Å². The highest BCUT2D eigenvalue weighted by Gasteiger charge is 2.10. The Morgan fingerprint density at radius 1 is 0.688 bits per heavy atom. The summed E-state index contributed by atoms with van der Waals surface area (Å²) in [5.41, 5.74) is 1.03. The molecule has 0 saturated heterocycles. The average molecular weight is 447 g/mol. The van der Waals surface area contributed by atoms with Crippen molar-refractivity contribution in [3.8, 4) is 5.75 Å². The first-order valence-electron chi connectivity index (χ1n) is 13.0. The van der Waals surface area contributed by atoms with E-state index in [1.54, 1.807) is 12.1 Å². The number of benzene rings is 1. The summed E-state index contributed by atoms with van der Waals surface area (Å²) in [6, 6.07) is 7.31. The lowest BCUT2D eigenvalue weighted by molar-refractivity contribution is -0.147. The summed E-state index contributed by atoms with van der Waals surface area (Å²) in [4.78, 5) is 23.6. The molecule has 4 nitrogen and oxygen atoms in total. The van der Waals surface area contributed by atoms with Crippen LogP contribution in [0.25, 0.3) is 0 Å². The van der Waals surface area contributed by atoms with Crippen molar-refractivity contribution in [1.29, 1.82) is 0 Å². The van der Waals surface area contributed by atoms with E-state index in [0.29, 0.717) is 12.4 Å². The lowest BCUT2D eigenvalue weighted by Gasteiger charge is -2.06. The van der Waals surface area contributed by atoms with E-state index in [1.807, 2.05) is 19.1 Å². The Hall–Kier alpha value is -1.84. The minimum Gasteiger partial charge on any atom is -0.466 e. The highest BCUT2D eigenvalue weighted by atomic mass is 16.5. The van der Waals surface area contributed by atoms with Crippen LogP contribution in [0.1, 0.15) is 122 Å². The Kier molecular flexibility index (Phi) is 17.5. The number of hydrogen-bond donors (Lipinski definition) is 0. The van der Waals surface area contributed by atoms with Gasteiger partial charge in [0.1, 0.15) is 5.75 Å². The van der Waals surface area contributed by atoms with Crippen LogP contribution in [0.4, 0.5) is 0 Å². The van der Waals surface area contributed by atoms with Crippen molar-refractivity contribution >= 4 is 11.9 Å². The van der Waals surface area contributed by atoms with Gasteiger partial charge in [-0.15, -0.1) is 0 Å². The van der Waals surface area contributed by atoms with Crippen molar-refractivity contribution in [2.24, 2.45) is 0 Å². The van der Waals surface area contributed by atoms with Gasteiger partial charge in [0.25, 0.3) is 0 Å². The number of unbranched alkanes of at least 4 members (excludes halogenated alkanes) is 14. The predicted molar refractivity (Wildman–Crippen MR) is 132 cm³/mol. The Balaban J connectivity index is 1.84. The van der Waals surface area contributed by atoms with Crippen LogP contribution in [0.15, 0.2) is 24.3 Å². The van der Waals surface area contributed by atoms with Crippen LogP contribution in [-0.2, 0) is 14.3 Å². The molecule has 0 spiro atoms. The van der Waals surface area contributed by atoms with Crippen molar-refractivity contribution in [3.05, 3.63) is 29.8 Å². The third-order valence-corrected chi connectivity index (χ3v) is 5.77. The molecule has 0 unspecified atom stereocenters. The highest BCUT2D eigenvalue weighted by molar-refractivity contribution is 5.79. The molecule has 0 bridgehead atoms. The van der Waals surface area contributed by atoms with Gasteiger partial charge in [0.05, 0.1) is 19.4 Å². The molecule has 32 heavy (non-hydrogen) atoms. The fourth-order valence-electron chi connectivity index (χ4n) is 3.80. The topological polar surface area (TPSA) is 52.6 Å². The Morgan fingerprint density at radius 2 is 1.19 bits per heavy atom. The van der Waals surface area contributed by atoms with Crippen molar-refractivity contribution in [1.82, 2.24) is 0 Å². The molecule has 0 aliphatic heterocycles. The predicted octanol–water partition coefficient (Wildman–Crippen LogP) is 8.10. The van der Waals surface area contributed by atoms with E-state index in [1.165, 1.54) is 83.5 Å². The van der Waals surface area contributed by atoms with Crippen molar-refractivity contribution < 1.29 is 19.1 Å². The molecule has 0 N–H and O–H groups in total. The summed E-state index contributed by atoms with van der Waals surface area (Å²) < 4.78 is 10.5. The second-order valence-electron chi connectivity index (χ2n) is 8.96. The fraction of sp³-hybridized carbons (Fsp3) is 0.714. The van der Waals surface area contributed by atoms with Gasteiger partial charge in [-0.1, -0.05) is 109 Å². The second-order valence-corrected chi connectivity index (χ2v) is 8.96. The van der Waals surface area contributed by atoms with Crippen LogP contribution < -0.4 is 4.74 Å². The summed E-state index contributed by atoms with van der Waals surface area (Å²) in [5.74, 6) is -0.211. The summed E-state index contributed by atoms with van der Waals surface area (Å²) in [5, 5.41) is 0. The van der Waals surface area contributed by atoms with Crippen LogP contribution in [-0.4, -0.2) is 18.5 Å². The van der Waals surface area contributed by atoms with Gasteiger partial charge in [0, 0.05) is 0 Å². The van der Waals surface area contributed by atoms with Crippen LogP contribution >= 0.6 is 0 Å². The normalized spacial score (nSPS) is 10.8. The number of carbonyl (C=O) groups is 2. The zero-order valence-electron chi connectivity index (χ0n) is 20.7. The fourth-order valence-corrected chi connectivity index (χ4v) is 3.80. The van der Waals surface area contributed by atoms with Crippen LogP contribution in [0.3, 0.4) is 0 Å². The molecule has 1 aromatic rings. The average Bonchev–Trinajstić information content (AvgIpc) is 2.77.